The first-order chi connectivity index (χ1) is 10.5. The zero-order chi connectivity index (χ0) is 15.3. The van der Waals surface area contributed by atoms with Crippen molar-refractivity contribution in [1.82, 2.24) is 0 Å². The van der Waals surface area contributed by atoms with E-state index in [9.17, 15) is 4.79 Å². The molecule has 0 radical (unpaired) electrons. The summed E-state index contributed by atoms with van der Waals surface area (Å²) in [6.45, 7) is 3.68. The number of hydrogen-bond acceptors (Lipinski definition) is 5. The number of carbonyl (C=O) groups is 1. The van der Waals surface area contributed by atoms with Gasteiger partial charge < -0.3 is 18.9 Å². The van der Waals surface area contributed by atoms with Crippen LogP contribution >= 0.6 is 0 Å². The molecule has 0 aliphatic carbocycles. The van der Waals surface area contributed by atoms with Gasteiger partial charge in [-0.3, -0.25) is 4.79 Å². The van der Waals surface area contributed by atoms with Gasteiger partial charge in [-0.2, -0.15) is 0 Å². The van der Waals surface area contributed by atoms with E-state index in [1.807, 2.05) is 44.2 Å². The van der Waals surface area contributed by atoms with Crippen LogP contribution in [0.25, 0.3) is 0 Å². The van der Waals surface area contributed by atoms with Crippen molar-refractivity contribution in [3.8, 4) is 0 Å². The van der Waals surface area contributed by atoms with Crippen molar-refractivity contribution >= 4 is 5.97 Å². The summed E-state index contributed by atoms with van der Waals surface area (Å²) in [5.74, 6) is -1.02. The minimum atomic E-state index is -0.687. The molecule has 0 saturated carbocycles. The van der Waals surface area contributed by atoms with Gasteiger partial charge in [0.2, 0.25) is 0 Å². The lowest BCUT2D eigenvalue weighted by Crippen LogP contribution is -2.45. The lowest BCUT2D eigenvalue weighted by Gasteiger charge is -2.32. The van der Waals surface area contributed by atoms with Gasteiger partial charge in [-0.25, -0.2) is 0 Å². The minimum Gasteiger partial charge on any atom is -0.456 e. The SMILES string of the molecule is CC1(C)O[C@H]2O[C@@H]3C[C@H](Cc4ccccc4)C(=O)O[C@@H]3[C@H]2O1. The van der Waals surface area contributed by atoms with Crippen LogP contribution < -0.4 is 0 Å². The Morgan fingerprint density at radius 1 is 1.14 bits per heavy atom. The van der Waals surface area contributed by atoms with Crippen molar-refractivity contribution in [3.05, 3.63) is 35.9 Å². The number of hydrogen-bond donors (Lipinski definition) is 0. The number of benzene rings is 1. The zero-order valence-corrected chi connectivity index (χ0v) is 12.7. The second-order valence-electron chi connectivity index (χ2n) is 6.67. The zero-order valence-electron chi connectivity index (χ0n) is 12.7. The third kappa shape index (κ3) is 2.43. The first-order valence-corrected chi connectivity index (χ1v) is 7.77. The maximum Gasteiger partial charge on any atom is 0.309 e. The van der Waals surface area contributed by atoms with Crippen molar-refractivity contribution in [3.63, 3.8) is 0 Å². The van der Waals surface area contributed by atoms with Crippen molar-refractivity contribution < 1.29 is 23.7 Å². The average Bonchev–Trinajstić information content (AvgIpc) is 2.93. The molecule has 1 aromatic carbocycles. The summed E-state index contributed by atoms with van der Waals surface area (Å²) >= 11 is 0. The van der Waals surface area contributed by atoms with Crippen molar-refractivity contribution in [2.24, 2.45) is 5.92 Å². The lowest BCUT2D eigenvalue weighted by atomic mass is 9.89. The first kappa shape index (κ1) is 14.2. The fraction of sp³-hybridized carbons (Fsp3) is 0.588. The third-order valence-corrected chi connectivity index (χ3v) is 4.51. The quantitative estimate of drug-likeness (QED) is 0.783. The van der Waals surface area contributed by atoms with Crippen LogP contribution in [-0.4, -0.2) is 36.4 Å². The molecule has 0 N–H and O–H groups in total. The number of ether oxygens (including phenoxy) is 4. The number of fused-ring (bicyclic) bond motifs is 3. The van der Waals surface area contributed by atoms with Gasteiger partial charge in [0.05, 0.1) is 5.92 Å². The molecule has 3 aliphatic rings. The molecule has 3 heterocycles. The summed E-state index contributed by atoms with van der Waals surface area (Å²) in [4.78, 5) is 12.3. The smallest absolute Gasteiger partial charge is 0.309 e. The van der Waals surface area contributed by atoms with Crippen LogP contribution in [0.2, 0.25) is 0 Å². The number of carbonyl (C=O) groups excluding carboxylic acids is 1. The second kappa shape index (κ2) is 5.05. The Kier molecular flexibility index (Phi) is 3.25. The Morgan fingerprint density at radius 2 is 1.91 bits per heavy atom. The van der Waals surface area contributed by atoms with Crippen LogP contribution in [-0.2, 0) is 30.2 Å². The fourth-order valence-corrected chi connectivity index (χ4v) is 3.55. The van der Waals surface area contributed by atoms with Crippen molar-refractivity contribution in [2.75, 3.05) is 0 Å². The second-order valence-corrected chi connectivity index (χ2v) is 6.67. The normalized spacial score (nSPS) is 39.2. The minimum absolute atomic E-state index is 0.141. The van der Waals surface area contributed by atoms with Crippen molar-refractivity contribution in [1.29, 1.82) is 0 Å². The van der Waals surface area contributed by atoms with E-state index in [0.29, 0.717) is 12.8 Å². The van der Waals surface area contributed by atoms with Crippen molar-refractivity contribution in [2.45, 2.75) is 57.1 Å². The predicted octanol–water partition coefficient (Wildman–Crippen LogP) is 2.04. The van der Waals surface area contributed by atoms with E-state index >= 15 is 0 Å². The van der Waals surface area contributed by atoms with Crippen LogP contribution in [0.5, 0.6) is 0 Å². The first-order valence-electron chi connectivity index (χ1n) is 7.77. The Balaban J connectivity index is 1.46. The van der Waals surface area contributed by atoms with Crippen LogP contribution in [0.15, 0.2) is 30.3 Å². The molecule has 0 bridgehead atoms. The highest BCUT2D eigenvalue weighted by Crippen LogP contribution is 2.43. The maximum atomic E-state index is 12.3. The van der Waals surface area contributed by atoms with Gasteiger partial charge in [0, 0.05) is 0 Å². The summed E-state index contributed by atoms with van der Waals surface area (Å²) < 4.78 is 23.1. The molecule has 1 aromatic rings. The Bertz CT molecular complexity index is 570. The Hall–Kier alpha value is -1.43. The highest BCUT2D eigenvalue weighted by molar-refractivity contribution is 5.74. The molecular formula is C17H20O5. The standard InChI is InChI=1S/C17H20O5/c1-17(2)21-14-13-12(19-16(14)22-17)9-11(15(18)20-13)8-10-6-4-3-5-7-10/h3-7,11-14,16H,8-9H2,1-2H3/t11-,12+,13-,14+,16+/m0/s1. The number of esters is 1. The maximum absolute atomic E-state index is 12.3. The van der Waals surface area contributed by atoms with Crippen LogP contribution in [0.4, 0.5) is 0 Å². The summed E-state index contributed by atoms with van der Waals surface area (Å²) in [7, 11) is 0. The highest BCUT2D eigenvalue weighted by atomic mass is 16.8. The van der Waals surface area contributed by atoms with Gasteiger partial charge in [-0.05, 0) is 32.3 Å². The summed E-state index contributed by atoms with van der Waals surface area (Å²) in [5.41, 5.74) is 1.13. The molecule has 3 aliphatic heterocycles. The molecule has 5 heteroatoms. The lowest BCUT2D eigenvalue weighted by molar-refractivity contribution is -0.228. The van der Waals surface area contributed by atoms with Gasteiger partial charge in [-0.15, -0.1) is 0 Å². The third-order valence-electron chi connectivity index (χ3n) is 4.51. The van der Waals surface area contributed by atoms with E-state index in [0.717, 1.165) is 5.56 Å². The van der Waals surface area contributed by atoms with Crippen LogP contribution in [0, 0.1) is 5.92 Å². The highest BCUT2D eigenvalue weighted by Gasteiger charge is 2.58. The summed E-state index contributed by atoms with van der Waals surface area (Å²) in [6.07, 6.45) is 0.0755. The average molecular weight is 304 g/mol. The Morgan fingerprint density at radius 3 is 2.68 bits per heavy atom. The molecule has 0 spiro atoms. The van der Waals surface area contributed by atoms with E-state index in [1.165, 1.54) is 0 Å². The van der Waals surface area contributed by atoms with E-state index in [2.05, 4.69) is 0 Å². The molecule has 0 aromatic heterocycles. The Labute approximate surface area is 129 Å². The van der Waals surface area contributed by atoms with E-state index in [-0.39, 0.29) is 30.2 Å². The largest absolute Gasteiger partial charge is 0.456 e. The van der Waals surface area contributed by atoms with E-state index in [4.69, 9.17) is 18.9 Å². The topological polar surface area (TPSA) is 54.0 Å². The molecule has 4 rings (SSSR count). The molecule has 3 saturated heterocycles. The van der Waals surface area contributed by atoms with E-state index < -0.39 is 12.1 Å². The monoisotopic (exact) mass is 304 g/mol. The molecular weight excluding hydrogens is 284 g/mol. The van der Waals surface area contributed by atoms with Gasteiger partial charge in [0.1, 0.15) is 6.10 Å². The van der Waals surface area contributed by atoms with E-state index in [1.54, 1.807) is 0 Å². The predicted molar refractivity (Wildman–Crippen MR) is 76.8 cm³/mol. The molecule has 3 fully saturated rings. The molecule has 0 unspecified atom stereocenters. The molecule has 0 amide bonds. The molecule has 5 atom stereocenters. The molecule has 5 nitrogen and oxygen atoms in total. The molecule has 22 heavy (non-hydrogen) atoms. The molecule has 118 valence electrons. The summed E-state index contributed by atoms with van der Waals surface area (Å²) in [5, 5.41) is 0. The van der Waals surface area contributed by atoms with Crippen LogP contribution in [0.3, 0.4) is 0 Å². The summed E-state index contributed by atoms with van der Waals surface area (Å²) in [6, 6.07) is 9.98. The number of rotatable bonds is 2. The van der Waals surface area contributed by atoms with Gasteiger partial charge in [0.25, 0.3) is 0 Å². The fourth-order valence-electron chi connectivity index (χ4n) is 3.55. The van der Waals surface area contributed by atoms with Crippen LogP contribution in [0.1, 0.15) is 25.8 Å². The van der Waals surface area contributed by atoms with Gasteiger partial charge >= 0.3 is 5.97 Å². The van der Waals surface area contributed by atoms with Gasteiger partial charge in [0.15, 0.2) is 24.3 Å². The van der Waals surface area contributed by atoms with Gasteiger partial charge in [-0.1, -0.05) is 30.3 Å².